The molecule has 9 nitrogen and oxygen atoms in total. The lowest BCUT2D eigenvalue weighted by atomic mass is 10.0. The van der Waals surface area contributed by atoms with Gasteiger partial charge in [0, 0.05) is 39.3 Å². The fourth-order valence-electron chi connectivity index (χ4n) is 4.96. The molecule has 2 fully saturated rings. The van der Waals surface area contributed by atoms with Crippen molar-refractivity contribution in [3.05, 3.63) is 64.5 Å². The lowest BCUT2D eigenvalue weighted by Gasteiger charge is -2.38. The number of benzene rings is 1. The smallest absolute Gasteiger partial charge is 0.269 e. The maximum Gasteiger partial charge on any atom is 0.269 e. The van der Waals surface area contributed by atoms with Gasteiger partial charge in [-0.05, 0) is 43.5 Å². The van der Waals surface area contributed by atoms with Crippen molar-refractivity contribution in [1.29, 1.82) is 0 Å². The summed E-state index contributed by atoms with van der Waals surface area (Å²) in [6.45, 7) is 2.98. The van der Waals surface area contributed by atoms with E-state index < -0.39 is 5.60 Å². The number of aromatic nitrogens is 3. The number of nitrogens with one attached hydrogen (secondary N) is 2. The third-order valence-corrected chi connectivity index (χ3v) is 6.88. The van der Waals surface area contributed by atoms with Crippen LogP contribution in [0.5, 0.6) is 0 Å². The van der Waals surface area contributed by atoms with E-state index in [4.69, 9.17) is 0 Å². The summed E-state index contributed by atoms with van der Waals surface area (Å²) in [7, 11) is 1.59. The minimum absolute atomic E-state index is 0.191. The number of H-pyrrole nitrogens is 1. The first-order valence-corrected chi connectivity index (χ1v) is 11.4. The van der Waals surface area contributed by atoms with E-state index in [9.17, 15) is 14.7 Å². The van der Waals surface area contributed by atoms with Crippen LogP contribution >= 0.6 is 0 Å². The van der Waals surface area contributed by atoms with Crippen LogP contribution < -0.4 is 15.8 Å². The molecule has 5 rings (SSSR count). The zero-order chi connectivity index (χ0) is 23.0. The number of carbonyl (C=O) groups excluding carboxylic acids is 1. The molecule has 1 atom stereocenters. The number of likely N-dealkylation sites (tertiary alicyclic amines) is 1. The highest BCUT2D eigenvalue weighted by Gasteiger charge is 2.42. The van der Waals surface area contributed by atoms with E-state index in [1.165, 1.54) is 0 Å². The highest BCUT2D eigenvalue weighted by Crippen LogP contribution is 2.33. The molecular weight excluding hydrogens is 420 g/mol. The standard InChI is InChI=1S/C24H28N6O3/c1-25-22(32)20-7-6-17(14-26-20)29-11-8-16(9-12-29)30-13-10-24(33,15-30)23-27-19-5-3-2-4-18(19)21(31)28-23/h2-7,14,16,33H,8-13,15H2,1H3,(H,25,32)(H,27,28,31). The van der Waals surface area contributed by atoms with E-state index in [-0.39, 0.29) is 11.5 Å². The summed E-state index contributed by atoms with van der Waals surface area (Å²) >= 11 is 0. The maximum atomic E-state index is 12.5. The molecule has 1 aromatic carbocycles. The highest BCUT2D eigenvalue weighted by atomic mass is 16.3. The molecule has 1 amide bonds. The number of aliphatic hydroxyl groups is 1. The maximum absolute atomic E-state index is 12.5. The van der Waals surface area contributed by atoms with Crippen molar-refractivity contribution in [2.75, 3.05) is 38.1 Å². The van der Waals surface area contributed by atoms with Crippen molar-refractivity contribution >= 4 is 22.5 Å². The number of nitrogens with zero attached hydrogens (tertiary/aromatic N) is 4. The van der Waals surface area contributed by atoms with Crippen molar-refractivity contribution in [2.45, 2.75) is 30.9 Å². The van der Waals surface area contributed by atoms with Gasteiger partial charge in [0.05, 0.1) is 22.8 Å². The summed E-state index contributed by atoms with van der Waals surface area (Å²) in [5.74, 6) is 0.164. The number of rotatable bonds is 4. The molecule has 0 radical (unpaired) electrons. The first-order valence-electron chi connectivity index (χ1n) is 11.4. The molecule has 0 bridgehead atoms. The second kappa shape index (κ2) is 8.57. The summed E-state index contributed by atoms with van der Waals surface area (Å²) in [6.07, 6.45) is 4.23. The Bertz CT molecular complexity index is 1220. The van der Waals surface area contributed by atoms with E-state index in [0.29, 0.717) is 41.4 Å². The molecular formula is C24H28N6O3. The van der Waals surface area contributed by atoms with Crippen molar-refractivity contribution in [3.63, 3.8) is 0 Å². The van der Waals surface area contributed by atoms with Crippen molar-refractivity contribution in [3.8, 4) is 0 Å². The Morgan fingerprint density at radius 3 is 2.70 bits per heavy atom. The molecule has 0 spiro atoms. The van der Waals surface area contributed by atoms with Gasteiger partial charge in [0.15, 0.2) is 0 Å². The van der Waals surface area contributed by atoms with E-state index in [0.717, 1.165) is 38.2 Å². The summed E-state index contributed by atoms with van der Waals surface area (Å²) in [6, 6.07) is 11.2. The van der Waals surface area contributed by atoms with Gasteiger partial charge in [-0.2, -0.15) is 0 Å². The predicted molar refractivity (Wildman–Crippen MR) is 125 cm³/mol. The number of aromatic amines is 1. The lowest BCUT2D eigenvalue weighted by molar-refractivity contribution is 0.0301. The molecule has 3 N–H and O–H groups in total. The Morgan fingerprint density at radius 2 is 1.97 bits per heavy atom. The number of carbonyl (C=O) groups is 1. The zero-order valence-electron chi connectivity index (χ0n) is 18.6. The average molecular weight is 449 g/mol. The van der Waals surface area contributed by atoms with Gasteiger partial charge in [-0.1, -0.05) is 12.1 Å². The SMILES string of the molecule is CNC(=O)c1ccc(N2CCC(N3CCC(O)(c4nc5ccccc5c(=O)[nH]4)C3)CC2)cn1. The van der Waals surface area contributed by atoms with Crippen LogP contribution in [0.1, 0.15) is 35.6 Å². The number of β-amino-alcohol motifs (C(OH)–C–C–N with tert-alkyl or cyclic N) is 1. The number of pyridine rings is 1. The number of amides is 1. The van der Waals surface area contributed by atoms with Gasteiger partial charge in [0.2, 0.25) is 0 Å². The first-order chi connectivity index (χ1) is 16.0. The molecule has 2 aromatic heterocycles. The summed E-state index contributed by atoms with van der Waals surface area (Å²) in [5, 5.41) is 14.5. The topological polar surface area (TPSA) is 114 Å². The minimum Gasteiger partial charge on any atom is -0.381 e. The van der Waals surface area contributed by atoms with Gasteiger partial charge in [0.25, 0.3) is 11.5 Å². The first kappa shape index (κ1) is 21.5. The number of piperidine rings is 1. The molecule has 172 valence electrons. The highest BCUT2D eigenvalue weighted by molar-refractivity contribution is 5.92. The summed E-state index contributed by atoms with van der Waals surface area (Å²) < 4.78 is 0. The van der Waals surface area contributed by atoms with Crippen LogP contribution in [0.3, 0.4) is 0 Å². The van der Waals surface area contributed by atoms with Gasteiger partial charge >= 0.3 is 0 Å². The number of hydrogen-bond acceptors (Lipinski definition) is 7. The van der Waals surface area contributed by atoms with Gasteiger partial charge in [0.1, 0.15) is 17.1 Å². The Labute approximate surface area is 191 Å². The molecule has 9 heteroatoms. The van der Waals surface area contributed by atoms with Gasteiger partial charge < -0.3 is 20.3 Å². The van der Waals surface area contributed by atoms with Crippen molar-refractivity contribution in [1.82, 2.24) is 25.2 Å². The summed E-state index contributed by atoms with van der Waals surface area (Å²) in [4.78, 5) is 40.4. The monoisotopic (exact) mass is 448 g/mol. The third-order valence-electron chi connectivity index (χ3n) is 6.88. The second-order valence-corrected chi connectivity index (χ2v) is 8.88. The number of para-hydroxylation sites is 1. The van der Waals surface area contributed by atoms with Crippen LogP contribution in [0.4, 0.5) is 5.69 Å². The molecule has 4 heterocycles. The Kier molecular flexibility index (Phi) is 5.59. The minimum atomic E-state index is -1.15. The van der Waals surface area contributed by atoms with E-state index in [2.05, 4.69) is 30.1 Å². The molecule has 0 aliphatic carbocycles. The van der Waals surface area contributed by atoms with Crippen molar-refractivity contribution < 1.29 is 9.90 Å². The summed E-state index contributed by atoms with van der Waals surface area (Å²) in [5.41, 5.74) is 0.657. The van der Waals surface area contributed by atoms with Crippen LogP contribution in [0.25, 0.3) is 10.9 Å². The largest absolute Gasteiger partial charge is 0.381 e. The number of anilines is 1. The number of hydrogen-bond donors (Lipinski definition) is 3. The van der Waals surface area contributed by atoms with Crippen LogP contribution in [0.15, 0.2) is 47.4 Å². The fourth-order valence-corrected chi connectivity index (χ4v) is 4.96. The Balaban J connectivity index is 1.24. The Morgan fingerprint density at radius 1 is 1.18 bits per heavy atom. The van der Waals surface area contributed by atoms with Gasteiger partial charge in [-0.15, -0.1) is 0 Å². The van der Waals surface area contributed by atoms with Crippen LogP contribution in [0, 0.1) is 0 Å². The van der Waals surface area contributed by atoms with Gasteiger partial charge in [-0.3, -0.25) is 14.5 Å². The Hall–Kier alpha value is -3.30. The van der Waals surface area contributed by atoms with Crippen LogP contribution in [0.2, 0.25) is 0 Å². The van der Waals surface area contributed by atoms with E-state index in [1.54, 1.807) is 31.4 Å². The number of fused-ring (bicyclic) bond motifs is 1. The quantitative estimate of drug-likeness (QED) is 0.550. The molecule has 33 heavy (non-hydrogen) atoms. The molecule has 0 saturated carbocycles. The normalized spacial score (nSPS) is 22.1. The average Bonchev–Trinajstić information content (AvgIpc) is 3.27. The van der Waals surface area contributed by atoms with Gasteiger partial charge in [-0.25, -0.2) is 9.97 Å². The van der Waals surface area contributed by atoms with Crippen LogP contribution in [-0.2, 0) is 5.60 Å². The third kappa shape index (κ3) is 4.09. The molecule has 1 unspecified atom stereocenters. The molecule has 2 saturated heterocycles. The predicted octanol–water partition coefficient (Wildman–Crippen LogP) is 1.24. The van der Waals surface area contributed by atoms with Crippen molar-refractivity contribution in [2.24, 2.45) is 0 Å². The fraction of sp³-hybridized carbons (Fsp3) is 0.417. The van der Waals surface area contributed by atoms with E-state index >= 15 is 0 Å². The van der Waals surface area contributed by atoms with E-state index in [1.807, 2.05) is 18.2 Å². The molecule has 2 aliphatic rings. The van der Waals surface area contributed by atoms with Crippen LogP contribution in [-0.4, -0.2) is 70.1 Å². The zero-order valence-corrected chi connectivity index (χ0v) is 18.6. The second-order valence-electron chi connectivity index (χ2n) is 8.88. The molecule has 3 aromatic rings. The lowest BCUT2D eigenvalue weighted by Crippen LogP contribution is -2.45. The molecule has 2 aliphatic heterocycles.